The lowest BCUT2D eigenvalue weighted by Crippen LogP contribution is -2.52. The second kappa shape index (κ2) is 19.0. The molecule has 1 heterocycles. The molecule has 1 aliphatic heterocycles. The van der Waals surface area contributed by atoms with Crippen molar-refractivity contribution in [2.75, 3.05) is 31.6 Å². The summed E-state index contributed by atoms with van der Waals surface area (Å²) in [7, 11) is 1.56. The molecule has 9 nitrogen and oxygen atoms in total. The van der Waals surface area contributed by atoms with E-state index < -0.39 is 12.1 Å². The second-order valence-corrected chi connectivity index (χ2v) is 13.5. The van der Waals surface area contributed by atoms with Crippen LogP contribution in [0.25, 0.3) is 0 Å². The van der Waals surface area contributed by atoms with E-state index in [4.69, 9.17) is 9.47 Å². The highest BCUT2D eigenvalue weighted by atomic mass is 19.1. The number of fused-ring (bicyclic) bond motifs is 1. The number of ether oxygens (including phenoxy) is 2. The molecule has 1 saturated carbocycles. The summed E-state index contributed by atoms with van der Waals surface area (Å²) in [5.74, 6) is 0.355. The van der Waals surface area contributed by atoms with Crippen LogP contribution in [0, 0.1) is 11.7 Å². The second-order valence-electron chi connectivity index (χ2n) is 13.5. The molecule has 50 heavy (non-hydrogen) atoms. The Balaban J connectivity index is 1.21. The van der Waals surface area contributed by atoms with Crippen molar-refractivity contribution in [1.82, 2.24) is 16.0 Å². The van der Waals surface area contributed by atoms with Gasteiger partial charge in [0.05, 0.1) is 7.11 Å². The third-order valence-electron chi connectivity index (χ3n) is 9.82. The van der Waals surface area contributed by atoms with Gasteiger partial charge in [0, 0.05) is 36.9 Å². The predicted molar refractivity (Wildman–Crippen MR) is 193 cm³/mol. The number of hydrogen-bond acceptors (Lipinski definition) is 6. The van der Waals surface area contributed by atoms with Crippen molar-refractivity contribution in [3.8, 4) is 5.75 Å². The van der Waals surface area contributed by atoms with Crippen LogP contribution in [0.1, 0.15) is 85.7 Å². The summed E-state index contributed by atoms with van der Waals surface area (Å²) in [5, 5.41) is 9.14. The number of anilines is 1. The number of unbranched alkanes of at least 4 members (excludes halogenated alkanes) is 1. The standard InChI is InChI=1S/C40H51FN4O5/c1-49-35-17-10-15-32(26-35)38(46)44-36(20-18-29-11-4-2-5-12-29)39(47)43-34(27-45-24-22-31-25-33(41)19-21-37(31)45)16-8-9-23-42-40(48)50-28-30-13-6-3-7-14-30/h3,6-7,10,13-15,17,19,21,25-26,29,34,36H,2,4-5,8-9,11-12,16,18,20,22-24,27-28H2,1H3,(H,42,48)(H,43,47)(H,44,46)/t34-,36?/m0/s1. The zero-order valence-corrected chi connectivity index (χ0v) is 29.1. The molecule has 0 bridgehead atoms. The number of carbonyl (C=O) groups is 3. The number of alkyl carbamates (subject to hydrolysis) is 1. The van der Waals surface area contributed by atoms with Gasteiger partial charge in [0.2, 0.25) is 5.91 Å². The van der Waals surface area contributed by atoms with Gasteiger partial charge in [0.1, 0.15) is 24.2 Å². The molecule has 3 amide bonds. The number of carbonyl (C=O) groups excluding carboxylic acids is 3. The number of hydrogen-bond donors (Lipinski definition) is 3. The number of nitrogens with zero attached hydrogens (tertiary/aromatic N) is 1. The van der Waals surface area contributed by atoms with Gasteiger partial charge in [-0.1, -0.05) is 68.5 Å². The topological polar surface area (TPSA) is 109 Å². The van der Waals surface area contributed by atoms with Gasteiger partial charge in [-0.15, -0.1) is 0 Å². The molecule has 268 valence electrons. The Labute approximate surface area is 295 Å². The minimum atomic E-state index is -0.695. The van der Waals surface area contributed by atoms with Gasteiger partial charge in [0.25, 0.3) is 5.91 Å². The van der Waals surface area contributed by atoms with Crippen LogP contribution in [0.3, 0.4) is 0 Å². The van der Waals surface area contributed by atoms with Crippen molar-refractivity contribution >= 4 is 23.6 Å². The van der Waals surface area contributed by atoms with Crippen LogP contribution in [-0.2, 0) is 22.6 Å². The van der Waals surface area contributed by atoms with Crippen LogP contribution < -0.4 is 25.6 Å². The molecule has 5 rings (SSSR count). The quantitative estimate of drug-likeness (QED) is 0.133. The van der Waals surface area contributed by atoms with Crippen molar-refractivity contribution in [2.24, 2.45) is 5.92 Å². The maximum absolute atomic E-state index is 14.1. The Morgan fingerprint density at radius 1 is 0.920 bits per heavy atom. The first-order valence-corrected chi connectivity index (χ1v) is 18.1. The summed E-state index contributed by atoms with van der Waals surface area (Å²) >= 11 is 0. The van der Waals surface area contributed by atoms with Crippen molar-refractivity contribution in [3.05, 3.63) is 95.3 Å². The van der Waals surface area contributed by atoms with Gasteiger partial charge in [-0.25, -0.2) is 9.18 Å². The molecule has 3 aromatic carbocycles. The van der Waals surface area contributed by atoms with Crippen LogP contribution in [0.5, 0.6) is 5.75 Å². The van der Waals surface area contributed by atoms with Gasteiger partial charge in [-0.2, -0.15) is 0 Å². The molecule has 1 aliphatic carbocycles. The SMILES string of the molecule is COc1cccc(C(=O)NC(CCC2CCCCC2)C(=O)N[C@@H](CCCCNC(=O)OCc2ccccc2)CN2CCc3cc(F)ccc32)c1. The van der Waals surface area contributed by atoms with Crippen LogP contribution in [-0.4, -0.2) is 56.7 Å². The minimum absolute atomic E-state index is 0.205. The van der Waals surface area contributed by atoms with Crippen LogP contribution in [0.4, 0.5) is 14.9 Å². The van der Waals surface area contributed by atoms with Crippen molar-refractivity contribution in [1.29, 1.82) is 0 Å². The summed E-state index contributed by atoms with van der Waals surface area (Å²) in [5.41, 5.74) is 3.30. The predicted octanol–water partition coefficient (Wildman–Crippen LogP) is 6.94. The van der Waals surface area contributed by atoms with E-state index in [1.165, 1.54) is 25.3 Å². The highest BCUT2D eigenvalue weighted by molar-refractivity contribution is 5.97. The minimum Gasteiger partial charge on any atom is -0.497 e. The van der Waals surface area contributed by atoms with E-state index in [9.17, 15) is 18.8 Å². The van der Waals surface area contributed by atoms with Crippen molar-refractivity contribution < 1.29 is 28.2 Å². The summed E-state index contributed by atoms with van der Waals surface area (Å²) in [4.78, 5) is 41.9. The summed E-state index contributed by atoms with van der Waals surface area (Å²) in [6, 6.07) is 20.4. The van der Waals surface area contributed by atoms with E-state index in [0.717, 1.165) is 55.5 Å². The summed E-state index contributed by atoms with van der Waals surface area (Å²) in [6.07, 6.45) is 9.80. The van der Waals surface area contributed by atoms with Gasteiger partial charge >= 0.3 is 6.09 Å². The lowest BCUT2D eigenvalue weighted by molar-refractivity contribution is -0.124. The normalized spacial score (nSPS) is 15.4. The lowest BCUT2D eigenvalue weighted by Gasteiger charge is -2.29. The van der Waals surface area contributed by atoms with Crippen molar-refractivity contribution in [3.63, 3.8) is 0 Å². The number of methoxy groups -OCH3 is 1. The molecule has 0 spiro atoms. The summed E-state index contributed by atoms with van der Waals surface area (Å²) in [6.45, 7) is 1.94. The average molecular weight is 687 g/mol. The fraction of sp³-hybridized carbons (Fsp3) is 0.475. The molecular weight excluding hydrogens is 635 g/mol. The number of amides is 3. The molecule has 10 heteroatoms. The Kier molecular flexibility index (Phi) is 13.9. The smallest absolute Gasteiger partial charge is 0.407 e. The zero-order chi connectivity index (χ0) is 35.1. The lowest BCUT2D eigenvalue weighted by atomic mass is 9.85. The molecule has 1 fully saturated rings. The molecule has 0 radical (unpaired) electrons. The first-order chi connectivity index (χ1) is 24.4. The average Bonchev–Trinajstić information content (AvgIpc) is 3.54. The molecule has 1 unspecified atom stereocenters. The van der Waals surface area contributed by atoms with Crippen LogP contribution in [0.15, 0.2) is 72.8 Å². The van der Waals surface area contributed by atoms with E-state index >= 15 is 0 Å². The van der Waals surface area contributed by atoms with E-state index in [1.54, 1.807) is 37.4 Å². The number of rotatable bonds is 17. The third-order valence-corrected chi connectivity index (χ3v) is 9.82. The number of nitrogens with one attached hydrogen (secondary N) is 3. The molecule has 3 aromatic rings. The largest absolute Gasteiger partial charge is 0.497 e. The maximum Gasteiger partial charge on any atom is 0.407 e. The highest BCUT2D eigenvalue weighted by Gasteiger charge is 2.28. The zero-order valence-electron chi connectivity index (χ0n) is 29.1. The van der Waals surface area contributed by atoms with E-state index in [2.05, 4.69) is 20.9 Å². The molecule has 0 saturated heterocycles. The first-order valence-electron chi connectivity index (χ1n) is 18.1. The monoisotopic (exact) mass is 686 g/mol. The van der Waals surface area contributed by atoms with Gasteiger partial charge in [-0.3, -0.25) is 9.59 Å². The molecule has 2 aliphatic rings. The summed E-state index contributed by atoms with van der Waals surface area (Å²) < 4.78 is 24.6. The van der Waals surface area contributed by atoms with E-state index in [0.29, 0.717) is 49.6 Å². The fourth-order valence-electron chi connectivity index (χ4n) is 7.04. The highest BCUT2D eigenvalue weighted by Crippen LogP contribution is 2.30. The maximum atomic E-state index is 14.1. The van der Waals surface area contributed by atoms with E-state index in [1.807, 2.05) is 36.4 Å². The van der Waals surface area contributed by atoms with E-state index in [-0.39, 0.29) is 30.3 Å². The van der Waals surface area contributed by atoms with Crippen LogP contribution in [0.2, 0.25) is 0 Å². The number of benzene rings is 3. The van der Waals surface area contributed by atoms with Gasteiger partial charge < -0.3 is 30.3 Å². The first kappa shape index (κ1) is 36.7. The Bertz CT molecular complexity index is 1550. The molecular formula is C40H51FN4O5. The Hall–Kier alpha value is -4.60. The van der Waals surface area contributed by atoms with Gasteiger partial charge in [0.15, 0.2) is 0 Å². The Morgan fingerprint density at radius 3 is 2.54 bits per heavy atom. The third kappa shape index (κ3) is 11.2. The van der Waals surface area contributed by atoms with Gasteiger partial charge in [-0.05, 0) is 92.0 Å². The molecule has 3 N–H and O–H groups in total. The Morgan fingerprint density at radius 2 is 1.74 bits per heavy atom. The fourth-order valence-corrected chi connectivity index (χ4v) is 7.04. The molecule has 0 aromatic heterocycles. The number of halogens is 1. The van der Waals surface area contributed by atoms with Crippen LogP contribution >= 0.6 is 0 Å². The van der Waals surface area contributed by atoms with Crippen molar-refractivity contribution in [2.45, 2.75) is 89.3 Å². The molecule has 2 atom stereocenters.